The third kappa shape index (κ3) is 2.39. The summed E-state index contributed by atoms with van der Waals surface area (Å²) >= 11 is 0. The zero-order valence-corrected chi connectivity index (χ0v) is 11.5. The highest BCUT2D eigenvalue weighted by Crippen LogP contribution is 2.47. The van der Waals surface area contributed by atoms with Gasteiger partial charge in [-0.1, -0.05) is 13.8 Å². The van der Waals surface area contributed by atoms with Crippen LogP contribution in [0.15, 0.2) is 0 Å². The molecule has 0 aromatic carbocycles. The average molecular weight is 236 g/mol. The van der Waals surface area contributed by atoms with Crippen molar-refractivity contribution in [1.29, 1.82) is 0 Å². The Morgan fingerprint density at radius 1 is 1.12 bits per heavy atom. The van der Waals surface area contributed by atoms with Gasteiger partial charge in [0.2, 0.25) is 0 Å². The standard InChI is InChI=1S/C15H28N2/c1-3-15(4-2)11-17(10-9-16-15)14(12-5-6-12)13-7-8-13/h12-14,16H,3-11H2,1-2H3. The Kier molecular flexibility index (Phi) is 3.20. The molecular formula is C15H28N2. The van der Waals surface area contributed by atoms with Gasteiger partial charge in [-0.05, 0) is 50.4 Å². The minimum atomic E-state index is 0.417. The number of piperazine rings is 1. The van der Waals surface area contributed by atoms with E-state index < -0.39 is 0 Å². The minimum absolute atomic E-state index is 0.417. The Balaban J connectivity index is 1.69. The Morgan fingerprint density at radius 2 is 1.71 bits per heavy atom. The maximum atomic E-state index is 3.79. The van der Waals surface area contributed by atoms with Crippen molar-refractivity contribution in [3.8, 4) is 0 Å². The third-order valence-corrected chi connectivity index (χ3v) is 5.39. The highest BCUT2D eigenvalue weighted by molar-refractivity contribution is 5.02. The van der Waals surface area contributed by atoms with Gasteiger partial charge in [-0.2, -0.15) is 0 Å². The van der Waals surface area contributed by atoms with Crippen LogP contribution in [0.5, 0.6) is 0 Å². The molecule has 1 heterocycles. The molecule has 0 amide bonds. The Hall–Kier alpha value is -0.0800. The van der Waals surface area contributed by atoms with Crippen molar-refractivity contribution in [3.63, 3.8) is 0 Å². The molecule has 1 aliphatic heterocycles. The number of hydrogen-bond acceptors (Lipinski definition) is 2. The van der Waals surface area contributed by atoms with Crippen molar-refractivity contribution in [2.45, 2.75) is 64.0 Å². The molecule has 2 heteroatoms. The second kappa shape index (κ2) is 4.55. The summed E-state index contributed by atoms with van der Waals surface area (Å²) in [5.41, 5.74) is 0.417. The summed E-state index contributed by atoms with van der Waals surface area (Å²) in [5.74, 6) is 2.12. The summed E-state index contributed by atoms with van der Waals surface area (Å²) in [4.78, 5) is 2.86. The number of hydrogen-bond donors (Lipinski definition) is 1. The Morgan fingerprint density at radius 3 is 2.18 bits per heavy atom. The van der Waals surface area contributed by atoms with Crippen molar-refractivity contribution < 1.29 is 0 Å². The lowest BCUT2D eigenvalue weighted by Crippen LogP contribution is -2.62. The fraction of sp³-hybridized carbons (Fsp3) is 1.00. The van der Waals surface area contributed by atoms with E-state index in [-0.39, 0.29) is 0 Å². The molecule has 3 aliphatic rings. The predicted molar refractivity (Wildman–Crippen MR) is 72.1 cm³/mol. The van der Waals surface area contributed by atoms with Gasteiger partial charge < -0.3 is 5.32 Å². The number of rotatable bonds is 5. The molecule has 2 saturated carbocycles. The van der Waals surface area contributed by atoms with Gasteiger partial charge in [0, 0.05) is 31.2 Å². The van der Waals surface area contributed by atoms with Crippen LogP contribution in [-0.2, 0) is 0 Å². The van der Waals surface area contributed by atoms with Crippen LogP contribution in [0, 0.1) is 11.8 Å². The van der Waals surface area contributed by atoms with Crippen LogP contribution in [-0.4, -0.2) is 36.1 Å². The van der Waals surface area contributed by atoms with E-state index in [0.29, 0.717) is 5.54 Å². The van der Waals surface area contributed by atoms with E-state index in [2.05, 4.69) is 24.1 Å². The molecule has 3 rings (SSSR count). The van der Waals surface area contributed by atoms with Gasteiger partial charge in [-0.15, -0.1) is 0 Å². The van der Waals surface area contributed by atoms with Crippen molar-refractivity contribution >= 4 is 0 Å². The zero-order chi connectivity index (χ0) is 11.9. The molecule has 0 bridgehead atoms. The summed E-state index contributed by atoms with van der Waals surface area (Å²) in [6.07, 6.45) is 8.60. The van der Waals surface area contributed by atoms with Gasteiger partial charge in [0.05, 0.1) is 0 Å². The van der Waals surface area contributed by atoms with E-state index in [1.54, 1.807) is 0 Å². The molecule has 17 heavy (non-hydrogen) atoms. The van der Waals surface area contributed by atoms with Crippen LogP contribution in [0.4, 0.5) is 0 Å². The first kappa shape index (κ1) is 12.0. The fourth-order valence-electron chi connectivity index (χ4n) is 3.82. The first-order chi connectivity index (χ1) is 8.28. The van der Waals surface area contributed by atoms with Crippen LogP contribution in [0.25, 0.3) is 0 Å². The predicted octanol–water partition coefficient (Wildman–Crippen LogP) is 2.64. The molecule has 1 N–H and O–H groups in total. The van der Waals surface area contributed by atoms with E-state index >= 15 is 0 Å². The Bertz CT molecular complexity index is 252. The van der Waals surface area contributed by atoms with Gasteiger partial charge in [-0.25, -0.2) is 0 Å². The van der Waals surface area contributed by atoms with E-state index in [1.165, 1.54) is 58.2 Å². The van der Waals surface area contributed by atoms with E-state index in [1.807, 2.05) is 0 Å². The molecule has 1 saturated heterocycles. The largest absolute Gasteiger partial charge is 0.309 e. The van der Waals surface area contributed by atoms with Crippen molar-refractivity contribution in [1.82, 2.24) is 10.2 Å². The second-order valence-corrected chi connectivity index (χ2v) is 6.55. The van der Waals surface area contributed by atoms with Crippen LogP contribution < -0.4 is 5.32 Å². The molecule has 0 unspecified atom stereocenters. The molecule has 0 atom stereocenters. The molecule has 0 aromatic heterocycles. The summed E-state index contributed by atoms with van der Waals surface area (Å²) in [6.45, 7) is 8.50. The number of nitrogens with one attached hydrogen (secondary N) is 1. The fourth-order valence-corrected chi connectivity index (χ4v) is 3.82. The lowest BCUT2D eigenvalue weighted by Gasteiger charge is -2.46. The molecule has 0 aromatic rings. The van der Waals surface area contributed by atoms with E-state index in [9.17, 15) is 0 Å². The highest BCUT2D eigenvalue weighted by atomic mass is 15.3. The topological polar surface area (TPSA) is 15.3 Å². The smallest absolute Gasteiger partial charge is 0.0304 e. The van der Waals surface area contributed by atoms with E-state index in [0.717, 1.165) is 17.9 Å². The van der Waals surface area contributed by atoms with Crippen LogP contribution in [0.1, 0.15) is 52.4 Å². The van der Waals surface area contributed by atoms with Crippen molar-refractivity contribution in [2.75, 3.05) is 19.6 Å². The molecule has 98 valence electrons. The van der Waals surface area contributed by atoms with Crippen LogP contribution in [0.3, 0.4) is 0 Å². The third-order valence-electron chi connectivity index (χ3n) is 5.39. The Labute approximate surface area is 106 Å². The quantitative estimate of drug-likeness (QED) is 0.789. The second-order valence-electron chi connectivity index (χ2n) is 6.55. The number of nitrogens with zero attached hydrogens (tertiary/aromatic N) is 1. The monoisotopic (exact) mass is 236 g/mol. The molecule has 2 aliphatic carbocycles. The maximum absolute atomic E-state index is 3.79. The highest BCUT2D eigenvalue weighted by Gasteiger charge is 2.46. The van der Waals surface area contributed by atoms with Gasteiger partial charge in [0.15, 0.2) is 0 Å². The van der Waals surface area contributed by atoms with Gasteiger partial charge in [0.1, 0.15) is 0 Å². The van der Waals surface area contributed by atoms with Crippen molar-refractivity contribution in [2.24, 2.45) is 11.8 Å². The average Bonchev–Trinajstić information content (AvgIpc) is 3.23. The van der Waals surface area contributed by atoms with Crippen LogP contribution >= 0.6 is 0 Å². The SMILES string of the molecule is CCC1(CC)CN(C(C2CC2)C2CC2)CCN1. The van der Waals surface area contributed by atoms with Gasteiger partial charge in [-0.3, -0.25) is 4.90 Å². The maximum Gasteiger partial charge on any atom is 0.0304 e. The van der Waals surface area contributed by atoms with Crippen LogP contribution in [0.2, 0.25) is 0 Å². The summed E-state index contributed by atoms with van der Waals surface area (Å²) in [7, 11) is 0. The normalized spacial score (nSPS) is 29.8. The van der Waals surface area contributed by atoms with E-state index in [4.69, 9.17) is 0 Å². The first-order valence-corrected chi connectivity index (χ1v) is 7.77. The van der Waals surface area contributed by atoms with Crippen molar-refractivity contribution in [3.05, 3.63) is 0 Å². The zero-order valence-electron chi connectivity index (χ0n) is 11.5. The molecule has 0 spiro atoms. The summed E-state index contributed by atoms with van der Waals surface area (Å²) < 4.78 is 0. The lowest BCUT2D eigenvalue weighted by atomic mass is 9.88. The molecule has 2 nitrogen and oxygen atoms in total. The molecular weight excluding hydrogens is 208 g/mol. The van der Waals surface area contributed by atoms with Gasteiger partial charge in [0.25, 0.3) is 0 Å². The minimum Gasteiger partial charge on any atom is -0.309 e. The first-order valence-electron chi connectivity index (χ1n) is 7.77. The summed E-state index contributed by atoms with van der Waals surface area (Å²) in [6, 6.07) is 0.953. The molecule has 3 fully saturated rings. The summed E-state index contributed by atoms with van der Waals surface area (Å²) in [5, 5.41) is 3.79. The molecule has 0 radical (unpaired) electrons. The van der Waals surface area contributed by atoms with Gasteiger partial charge >= 0.3 is 0 Å². The lowest BCUT2D eigenvalue weighted by molar-refractivity contribution is 0.0664.